The Balaban J connectivity index is 2.01. The van der Waals surface area contributed by atoms with Gasteiger partial charge in [-0.05, 0) is 43.9 Å². The normalized spacial score (nSPS) is 30.6. The van der Waals surface area contributed by atoms with Crippen molar-refractivity contribution < 1.29 is 17.9 Å². The molecule has 0 spiro atoms. The van der Waals surface area contributed by atoms with Gasteiger partial charge in [-0.25, -0.2) is 12.8 Å². The molecule has 0 amide bonds. The van der Waals surface area contributed by atoms with Crippen molar-refractivity contribution in [2.45, 2.75) is 48.8 Å². The van der Waals surface area contributed by atoms with Crippen LogP contribution in [-0.2, 0) is 10.0 Å². The summed E-state index contributed by atoms with van der Waals surface area (Å²) in [5, 5.41) is 9.89. The Labute approximate surface area is 122 Å². The maximum absolute atomic E-state index is 13.9. The number of nitrogens with zero attached hydrogens (tertiary/aromatic N) is 1. The fraction of sp³-hybridized carbons (Fsp3) is 0.538. The SMILES string of the molecule is O=S(=O)(c1ccc(Cl)cc1F)N1C2CCC1CC(O)C2. The van der Waals surface area contributed by atoms with E-state index in [4.69, 9.17) is 11.6 Å². The molecule has 1 aromatic rings. The monoisotopic (exact) mass is 319 g/mol. The van der Waals surface area contributed by atoms with Crippen molar-refractivity contribution in [3.63, 3.8) is 0 Å². The number of benzene rings is 1. The number of fused-ring (bicyclic) bond motifs is 2. The zero-order valence-corrected chi connectivity index (χ0v) is 12.2. The Morgan fingerprint density at radius 3 is 2.40 bits per heavy atom. The van der Waals surface area contributed by atoms with Gasteiger partial charge < -0.3 is 5.11 Å². The van der Waals surface area contributed by atoms with Crippen LogP contribution in [0.2, 0.25) is 5.02 Å². The lowest BCUT2D eigenvalue weighted by atomic mass is 10.0. The molecule has 0 radical (unpaired) electrons. The first-order chi connectivity index (χ1) is 9.39. The largest absolute Gasteiger partial charge is 0.393 e. The highest BCUT2D eigenvalue weighted by Crippen LogP contribution is 2.40. The molecule has 2 aliphatic rings. The van der Waals surface area contributed by atoms with Crippen LogP contribution in [0.1, 0.15) is 25.7 Å². The summed E-state index contributed by atoms with van der Waals surface area (Å²) < 4.78 is 40.6. The molecule has 2 heterocycles. The van der Waals surface area contributed by atoms with Crippen molar-refractivity contribution in [3.05, 3.63) is 29.0 Å². The number of aliphatic hydroxyl groups excluding tert-OH is 1. The fourth-order valence-corrected chi connectivity index (χ4v) is 5.39. The molecule has 20 heavy (non-hydrogen) atoms. The van der Waals surface area contributed by atoms with Crippen LogP contribution in [0.3, 0.4) is 0 Å². The average Bonchev–Trinajstić information content (AvgIpc) is 2.62. The highest BCUT2D eigenvalue weighted by molar-refractivity contribution is 7.89. The summed E-state index contributed by atoms with van der Waals surface area (Å²) in [7, 11) is -3.88. The smallest absolute Gasteiger partial charge is 0.246 e. The zero-order chi connectivity index (χ0) is 14.5. The van der Waals surface area contributed by atoms with Gasteiger partial charge in [0, 0.05) is 17.1 Å². The van der Waals surface area contributed by atoms with E-state index in [0.717, 1.165) is 18.9 Å². The molecular weight excluding hydrogens is 305 g/mol. The molecule has 7 heteroatoms. The lowest BCUT2D eigenvalue weighted by molar-refractivity contribution is 0.0768. The van der Waals surface area contributed by atoms with E-state index in [2.05, 4.69) is 0 Å². The molecule has 4 nitrogen and oxygen atoms in total. The lowest BCUT2D eigenvalue weighted by Gasteiger charge is -2.36. The van der Waals surface area contributed by atoms with Gasteiger partial charge in [-0.2, -0.15) is 4.31 Å². The second-order valence-electron chi connectivity index (χ2n) is 5.42. The lowest BCUT2D eigenvalue weighted by Crippen LogP contribution is -2.48. The molecule has 2 aliphatic heterocycles. The van der Waals surface area contributed by atoms with Crippen LogP contribution in [0.5, 0.6) is 0 Å². The molecule has 1 N–H and O–H groups in total. The molecule has 2 fully saturated rings. The zero-order valence-electron chi connectivity index (χ0n) is 10.7. The maximum Gasteiger partial charge on any atom is 0.246 e. The highest BCUT2D eigenvalue weighted by atomic mass is 35.5. The number of hydrogen-bond acceptors (Lipinski definition) is 3. The molecule has 0 saturated carbocycles. The minimum Gasteiger partial charge on any atom is -0.393 e. The number of halogens is 2. The summed E-state index contributed by atoms with van der Waals surface area (Å²) in [5.74, 6) is -0.831. The Kier molecular flexibility index (Phi) is 3.52. The van der Waals surface area contributed by atoms with Gasteiger partial charge in [0.05, 0.1) is 6.10 Å². The molecule has 0 aliphatic carbocycles. The summed E-state index contributed by atoms with van der Waals surface area (Å²) in [5.41, 5.74) is 0. The van der Waals surface area contributed by atoms with Crippen LogP contribution < -0.4 is 0 Å². The third-order valence-electron chi connectivity index (χ3n) is 4.09. The van der Waals surface area contributed by atoms with Crippen molar-refractivity contribution in [1.82, 2.24) is 4.31 Å². The van der Waals surface area contributed by atoms with E-state index in [1.807, 2.05) is 0 Å². The Hall–Kier alpha value is -0.690. The van der Waals surface area contributed by atoms with Gasteiger partial charge >= 0.3 is 0 Å². The number of piperidine rings is 1. The fourth-order valence-electron chi connectivity index (χ4n) is 3.30. The molecule has 2 saturated heterocycles. The van der Waals surface area contributed by atoms with Crippen molar-refractivity contribution >= 4 is 21.6 Å². The van der Waals surface area contributed by atoms with E-state index in [1.165, 1.54) is 16.4 Å². The van der Waals surface area contributed by atoms with Crippen molar-refractivity contribution in [2.75, 3.05) is 0 Å². The minimum atomic E-state index is -3.88. The van der Waals surface area contributed by atoms with Crippen LogP contribution in [0, 0.1) is 5.82 Å². The third kappa shape index (κ3) is 2.24. The van der Waals surface area contributed by atoms with Crippen LogP contribution in [0.4, 0.5) is 4.39 Å². The van der Waals surface area contributed by atoms with E-state index < -0.39 is 21.9 Å². The second-order valence-corrected chi connectivity index (χ2v) is 7.67. The number of sulfonamides is 1. The van der Waals surface area contributed by atoms with E-state index in [1.54, 1.807) is 0 Å². The average molecular weight is 320 g/mol. The molecule has 1 aromatic carbocycles. The molecule has 3 rings (SSSR count). The van der Waals surface area contributed by atoms with Gasteiger partial charge in [-0.15, -0.1) is 0 Å². The van der Waals surface area contributed by atoms with Gasteiger partial charge in [0.25, 0.3) is 0 Å². The standard InChI is InChI=1S/C13H15ClFNO3S/c14-8-1-4-13(12(15)5-8)20(18,19)16-9-2-3-10(16)7-11(17)6-9/h1,4-5,9-11,17H,2-3,6-7H2. The summed E-state index contributed by atoms with van der Waals surface area (Å²) in [6, 6.07) is 3.12. The highest BCUT2D eigenvalue weighted by Gasteiger charge is 2.47. The van der Waals surface area contributed by atoms with Crippen LogP contribution in [-0.4, -0.2) is 36.0 Å². The molecular formula is C13H15ClFNO3S. The van der Waals surface area contributed by atoms with Gasteiger partial charge in [0.1, 0.15) is 10.7 Å². The first kappa shape index (κ1) is 14.3. The molecule has 2 unspecified atom stereocenters. The van der Waals surface area contributed by atoms with E-state index >= 15 is 0 Å². The minimum absolute atomic E-state index is 0.165. The van der Waals surface area contributed by atoms with Crippen molar-refractivity contribution in [3.8, 4) is 0 Å². The summed E-state index contributed by atoms with van der Waals surface area (Å²) >= 11 is 5.66. The number of hydrogen-bond donors (Lipinski definition) is 1. The Morgan fingerprint density at radius 1 is 1.25 bits per heavy atom. The van der Waals surface area contributed by atoms with Gasteiger partial charge in [-0.1, -0.05) is 11.6 Å². The summed E-state index contributed by atoms with van der Waals surface area (Å²) in [6.07, 6.45) is 1.82. The van der Waals surface area contributed by atoms with Crippen molar-refractivity contribution in [1.29, 1.82) is 0 Å². The molecule has 110 valence electrons. The van der Waals surface area contributed by atoms with Crippen LogP contribution in [0.15, 0.2) is 23.1 Å². The number of rotatable bonds is 2. The van der Waals surface area contributed by atoms with Gasteiger partial charge in [0.2, 0.25) is 10.0 Å². The first-order valence-electron chi connectivity index (χ1n) is 6.56. The molecule has 2 bridgehead atoms. The Morgan fingerprint density at radius 2 is 1.85 bits per heavy atom. The predicted octanol–water partition coefficient (Wildman–Crippen LogP) is 2.16. The summed E-state index contributed by atoms with van der Waals surface area (Å²) in [6.45, 7) is 0. The second kappa shape index (κ2) is 4.94. The first-order valence-corrected chi connectivity index (χ1v) is 8.38. The van der Waals surface area contributed by atoms with E-state index in [9.17, 15) is 17.9 Å². The van der Waals surface area contributed by atoms with Crippen LogP contribution >= 0.6 is 11.6 Å². The molecule has 0 aromatic heterocycles. The van der Waals surface area contributed by atoms with Crippen molar-refractivity contribution in [2.24, 2.45) is 0 Å². The van der Waals surface area contributed by atoms with E-state index in [-0.39, 0.29) is 22.0 Å². The summed E-state index contributed by atoms with van der Waals surface area (Å²) in [4.78, 5) is -0.338. The predicted molar refractivity (Wildman–Crippen MR) is 72.5 cm³/mol. The Bertz CT molecular complexity index is 623. The third-order valence-corrected chi connectivity index (χ3v) is 6.36. The molecule has 2 atom stereocenters. The number of aliphatic hydroxyl groups is 1. The van der Waals surface area contributed by atoms with Crippen LogP contribution in [0.25, 0.3) is 0 Å². The maximum atomic E-state index is 13.9. The topological polar surface area (TPSA) is 57.6 Å². The van der Waals surface area contributed by atoms with Gasteiger partial charge in [-0.3, -0.25) is 0 Å². The van der Waals surface area contributed by atoms with Gasteiger partial charge in [0.15, 0.2) is 0 Å². The van der Waals surface area contributed by atoms with E-state index in [0.29, 0.717) is 12.8 Å². The quantitative estimate of drug-likeness (QED) is 0.908.